The largest absolute Gasteiger partial charge is 0.369 e. The molecule has 0 unspecified atom stereocenters. The van der Waals surface area contributed by atoms with Gasteiger partial charge in [0.2, 0.25) is 0 Å². The fraction of sp³-hybridized carbons (Fsp3) is 0.471. The summed E-state index contributed by atoms with van der Waals surface area (Å²) < 4.78 is 5.38. The van der Waals surface area contributed by atoms with Gasteiger partial charge < -0.3 is 9.64 Å². The van der Waals surface area contributed by atoms with E-state index in [4.69, 9.17) is 11.2 Å². The van der Waals surface area contributed by atoms with Crippen molar-refractivity contribution in [3.63, 3.8) is 0 Å². The number of carbonyl (C=O) groups is 1. The van der Waals surface area contributed by atoms with Crippen LogP contribution in [0, 0.1) is 25.2 Å². The molecule has 1 aliphatic heterocycles. The first-order valence-corrected chi connectivity index (χ1v) is 7.08. The van der Waals surface area contributed by atoms with Gasteiger partial charge in [-0.3, -0.25) is 4.79 Å². The molecule has 0 spiro atoms. The third kappa shape index (κ3) is 3.61. The SMILES string of the molecule is C#CCOCC1CCN(C(=O)c2ccccc2C)CC1. The van der Waals surface area contributed by atoms with Gasteiger partial charge >= 0.3 is 0 Å². The highest BCUT2D eigenvalue weighted by molar-refractivity contribution is 5.95. The molecule has 0 saturated carbocycles. The Bertz CT molecular complexity index is 496. The summed E-state index contributed by atoms with van der Waals surface area (Å²) in [5.41, 5.74) is 1.85. The average Bonchev–Trinajstić information content (AvgIpc) is 2.48. The molecule has 3 heteroatoms. The summed E-state index contributed by atoms with van der Waals surface area (Å²) in [6.07, 6.45) is 7.13. The Morgan fingerprint density at radius 1 is 1.40 bits per heavy atom. The van der Waals surface area contributed by atoms with E-state index in [2.05, 4.69) is 5.92 Å². The lowest BCUT2D eigenvalue weighted by atomic mass is 9.97. The molecule has 1 aromatic rings. The summed E-state index contributed by atoms with van der Waals surface area (Å²) >= 11 is 0. The Morgan fingerprint density at radius 2 is 2.10 bits per heavy atom. The number of amides is 1. The number of terminal acetylenes is 1. The fourth-order valence-electron chi connectivity index (χ4n) is 2.57. The van der Waals surface area contributed by atoms with Gasteiger partial charge in [-0.05, 0) is 37.3 Å². The van der Waals surface area contributed by atoms with Gasteiger partial charge in [-0.15, -0.1) is 6.42 Å². The van der Waals surface area contributed by atoms with Gasteiger partial charge in [0.05, 0.1) is 6.61 Å². The zero-order valence-corrected chi connectivity index (χ0v) is 12.0. The number of hydrogen-bond acceptors (Lipinski definition) is 2. The van der Waals surface area contributed by atoms with Gasteiger partial charge in [0.15, 0.2) is 0 Å². The normalized spacial score (nSPS) is 15.9. The maximum absolute atomic E-state index is 12.5. The van der Waals surface area contributed by atoms with E-state index in [0.29, 0.717) is 19.1 Å². The van der Waals surface area contributed by atoms with Crippen LogP contribution in [0.2, 0.25) is 0 Å². The Morgan fingerprint density at radius 3 is 2.75 bits per heavy atom. The number of ether oxygens (including phenoxy) is 1. The standard InChI is InChI=1S/C17H21NO2/c1-3-12-20-13-15-8-10-18(11-9-15)17(19)16-7-5-4-6-14(16)2/h1,4-7,15H,8-13H2,2H3. The molecule has 0 aromatic heterocycles. The molecule has 0 radical (unpaired) electrons. The molecule has 1 aliphatic rings. The first-order valence-electron chi connectivity index (χ1n) is 7.08. The monoisotopic (exact) mass is 271 g/mol. The molecule has 1 amide bonds. The molecule has 0 aliphatic carbocycles. The van der Waals surface area contributed by atoms with Gasteiger partial charge in [0, 0.05) is 18.7 Å². The lowest BCUT2D eigenvalue weighted by molar-refractivity contribution is 0.0581. The van der Waals surface area contributed by atoms with Crippen molar-refractivity contribution in [1.29, 1.82) is 0 Å². The Labute approximate surface area is 120 Å². The third-order valence-corrected chi connectivity index (χ3v) is 3.82. The van der Waals surface area contributed by atoms with Gasteiger partial charge in [0.25, 0.3) is 5.91 Å². The molecule has 0 atom stereocenters. The highest BCUT2D eigenvalue weighted by Gasteiger charge is 2.24. The van der Waals surface area contributed by atoms with E-state index < -0.39 is 0 Å². The lowest BCUT2D eigenvalue weighted by Gasteiger charge is -2.32. The van der Waals surface area contributed by atoms with E-state index in [0.717, 1.165) is 37.1 Å². The summed E-state index contributed by atoms with van der Waals surface area (Å²) in [6.45, 7) is 4.67. The number of carbonyl (C=O) groups excluding carboxylic acids is 1. The van der Waals surface area contributed by atoms with Crippen LogP contribution >= 0.6 is 0 Å². The van der Waals surface area contributed by atoms with Gasteiger partial charge in [0.1, 0.15) is 6.61 Å². The van der Waals surface area contributed by atoms with E-state index in [1.165, 1.54) is 0 Å². The molecule has 20 heavy (non-hydrogen) atoms. The Kier molecular flexibility index (Phi) is 5.20. The fourth-order valence-corrected chi connectivity index (χ4v) is 2.57. The maximum Gasteiger partial charge on any atom is 0.254 e. The van der Waals surface area contributed by atoms with Crippen LogP contribution in [0.5, 0.6) is 0 Å². The minimum atomic E-state index is 0.145. The number of aryl methyl sites for hydroxylation is 1. The second-order valence-electron chi connectivity index (χ2n) is 5.27. The zero-order chi connectivity index (χ0) is 14.4. The average molecular weight is 271 g/mol. The second-order valence-corrected chi connectivity index (χ2v) is 5.27. The Hall–Kier alpha value is -1.79. The second kappa shape index (κ2) is 7.12. The molecule has 0 N–H and O–H groups in total. The topological polar surface area (TPSA) is 29.5 Å². The third-order valence-electron chi connectivity index (χ3n) is 3.82. The number of piperidine rings is 1. The van der Waals surface area contributed by atoms with Crippen LogP contribution in [0.3, 0.4) is 0 Å². The van der Waals surface area contributed by atoms with Crippen molar-refractivity contribution in [1.82, 2.24) is 4.90 Å². The van der Waals surface area contributed by atoms with Crippen LogP contribution in [0.25, 0.3) is 0 Å². The quantitative estimate of drug-likeness (QED) is 0.622. The summed E-state index contributed by atoms with van der Waals surface area (Å²) in [5.74, 6) is 3.14. The van der Waals surface area contributed by atoms with Crippen molar-refractivity contribution in [2.24, 2.45) is 5.92 Å². The van der Waals surface area contributed by atoms with E-state index >= 15 is 0 Å². The van der Waals surface area contributed by atoms with Gasteiger partial charge in [-0.25, -0.2) is 0 Å². The smallest absolute Gasteiger partial charge is 0.254 e. The summed E-state index contributed by atoms with van der Waals surface area (Å²) in [4.78, 5) is 14.4. The maximum atomic E-state index is 12.5. The number of rotatable bonds is 4. The first kappa shape index (κ1) is 14.6. The molecule has 1 saturated heterocycles. The number of nitrogens with zero attached hydrogens (tertiary/aromatic N) is 1. The zero-order valence-electron chi connectivity index (χ0n) is 12.0. The molecule has 1 heterocycles. The van der Waals surface area contributed by atoms with Crippen LogP contribution < -0.4 is 0 Å². The minimum Gasteiger partial charge on any atom is -0.369 e. The van der Waals surface area contributed by atoms with Crippen molar-refractivity contribution in [2.45, 2.75) is 19.8 Å². The van der Waals surface area contributed by atoms with Crippen molar-refractivity contribution in [3.8, 4) is 12.3 Å². The summed E-state index contributed by atoms with van der Waals surface area (Å²) in [6, 6.07) is 7.76. The molecule has 2 rings (SSSR count). The predicted octanol–water partition coefficient (Wildman–Crippen LogP) is 2.50. The summed E-state index contributed by atoms with van der Waals surface area (Å²) in [5, 5.41) is 0. The van der Waals surface area contributed by atoms with Crippen LogP contribution in [-0.2, 0) is 4.74 Å². The van der Waals surface area contributed by atoms with Gasteiger partial charge in [-0.2, -0.15) is 0 Å². The molecule has 0 bridgehead atoms. The minimum absolute atomic E-state index is 0.145. The predicted molar refractivity (Wildman–Crippen MR) is 79.5 cm³/mol. The van der Waals surface area contributed by atoms with E-state index in [1.54, 1.807) is 0 Å². The summed E-state index contributed by atoms with van der Waals surface area (Å²) in [7, 11) is 0. The van der Waals surface area contributed by atoms with E-state index in [1.807, 2.05) is 36.1 Å². The van der Waals surface area contributed by atoms with Crippen LogP contribution in [0.1, 0.15) is 28.8 Å². The van der Waals surface area contributed by atoms with Crippen LogP contribution in [0.15, 0.2) is 24.3 Å². The van der Waals surface area contributed by atoms with Crippen molar-refractivity contribution >= 4 is 5.91 Å². The Balaban J connectivity index is 1.86. The highest BCUT2D eigenvalue weighted by atomic mass is 16.5. The number of benzene rings is 1. The van der Waals surface area contributed by atoms with Gasteiger partial charge in [-0.1, -0.05) is 24.1 Å². The molecular weight excluding hydrogens is 250 g/mol. The van der Waals surface area contributed by atoms with Crippen molar-refractivity contribution in [2.75, 3.05) is 26.3 Å². The van der Waals surface area contributed by atoms with Crippen molar-refractivity contribution < 1.29 is 9.53 Å². The molecule has 106 valence electrons. The van der Waals surface area contributed by atoms with E-state index in [-0.39, 0.29) is 5.91 Å². The number of hydrogen-bond donors (Lipinski definition) is 0. The molecular formula is C17H21NO2. The van der Waals surface area contributed by atoms with Crippen LogP contribution in [0.4, 0.5) is 0 Å². The molecule has 3 nitrogen and oxygen atoms in total. The van der Waals surface area contributed by atoms with Crippen LogP contribution in [-0.4, -0.2) is 37.1 Å². The van der Waals surface area contributed by atoms with E-state index in [9.17, 15) is 4.79 Å². The van der Waals surface area contributed by atoms with Crippen molar-refractivity contribution in [3.05, 3.63) is 35.4 Å². The lowest BCUT2D eigenvalue weighted by Crippen LogP contribution is -2.39. The first-order chi connectivity index (χ1) is 9.72. The number of likely N-dealkylation sites (tertiary alicyclic amines) is 1. The highest BCUT2D eigenvalue weighted by Crippen LogP contribution is 2.20. The molecule has 1 fully saturated rings. The molecule has 1 aromatic carbocycles.